The van der Waals surface area contributed by atoms with Crippen molar-refractivity contribution in [2.75, 3.05) is 18.8 Å². The van der Waals surface area contributed by atoms with Crippen molar-refractivity contribution in [3.63, 3.8) is 0 Å². The summed E-state index contributed by atoms with van der Waals surface area (Å²) < 4.78 is 5.80. The number of rotatable bonds is 4. The quantitative estimate of drug-likeness (QED) is 0.853. The minimum atomic E-state index is 0.162. The summed E-state index contributed by atoms with van der Waals surface area (Å²) in [5, 5.41) is 0. The van der Waals surface area contributed by atoms with Crippen LogP contribution in [0.1, 0.15) is 52.0 Å². The van der Waals surface area contributed by atoms with Crippen LogP contribution in [0.5, 0.6) is 5.75 Å². The molecule has 2 N–H and O–H groups in total. The van der Waals surface area contributed by atoms with Gasteiger partial charge in [0.05, 0.1) is 11.8 Å². The van der Waals surface area contributed by atoms with Gasteiger partial charge in [0.15, 0.2) is 0 Å². The second kappa shape index (κ2) is 6.49. The zero-order chi connectivity index (χ0) is 14.7. The lowest BCUT2D eigenvalue weighted by Crippen LogP contribution is -2.37. The molecule has 0 radical (unpaired) electrons. The van der Waals surface area contributed by atoms with Crippen LogP contribution in [0.15, 0.2) is 18.2 Å². The molecule has 1 heterocycles. The first kappa shape index (κ1) is 15.2. The van der Waals surface area contributed by atoms with Crippen LogP contribution in [0.25, 0.3) is 0 Å². The number of likely N-dealkylation sites (tertiary alicyclic amines) is 1. The summed E-state index contributed by atoms with van der Waals surface area (Å²) in [5.74, 6) is 1.48. The summed E-state index contributed by atoms with van der Waals surface area (Å²) in [6.45, 7) is 11.0. The van der Waals surface area contributed by atoms with E-state index in [1.807, 2.05) is 19.9 Å². The SMILES string of the molecule is CC(C)Oc1cc(C2CCN(C(C)C)CC2)ccc1N. The molecule has 3 heteroatoms. The van der Waals surface area contributed by atoms with Gasteiger partial charge >= 0.3 is 0 Å². The molecule has 3 nitrogen and oxygen atoms in total. The van der Waals surface area contributed by atoms with Crippen LogP contribution in [-0.2, 0) is 0 Å². The highest BCUT2D eigenvalue weighted by atomic mass is 16.5. The molecule has 1 aromatic carbocycles. The Hall–Kier alpha value is -1.22. The Bertz CT molecular complexity index is 435. The van der Waals surface area contributed by atoms with Gasteiger partial charge in [0.25, 0.3) is 0 Å². The number of piperidine rings is 1. The molecule has 1 aliphatic rings. The van der Waals surface area contributed by atoms with Crippen molar-refractivity contribution in [3.05, 3.63) is 23.8 Å². The summed E-state index contributed by atoms with van der Waals surface area (Å²) in [4.78, 5) is 2.55. The number of benzene rings is 1. The monoisotopic (exact) mass is 276 g/mol. The molecule has 1 aliphatic heterocycles. The van der Waals surface area contributed by atoms with Gasteiger partial charge in [0, 0.05) is 6.04 Å². The zero-order valence-corrected chi connectivity index (χ0v) is 13.2. The number of hydrogen-bond donors (Lipinski definition) is 1. The molecule has 0 aliphatic carbocycles. The first-order valence-corrected chi connectivity index (χ1v) is 7.77. The molecule has 0 atom stereocenters. The maximum absolute atomic E-state index is 6.00. The summed E-state index contributed by atoms with van der Waals surface area (Å²) in [6.07, 6.45) is 2.61. The highest BCUT2D eigenvalue weighted by Gasteiger charge is 2.22. The minimum Gasteiger partial charge on any atom is -0.489 e. The molecule has 112 valence electrons. The molecule has 1 saturated heterocycles. The number of nitrogens with two attached hydrogens (primary N) is 1. The van der Waals surface area contributed by atoms with Gasteiger partial charge in [-0.1, -0.05) is 6.07 Å². The van der Waals surface area contributed by atoms with Crippen molar-refractivity contribution in [2.45, 2.75) is 58.6 Å². The number of nitrogens with zero attached hydrogens (tertiary/aromatic N) is 1. The van der Waals surface area contributed by atoms with Gasteiger partial charge in [-0.2, -0.15) is 0 Å². The second-order valence-electron chi connectivity index (χ2n) is 6.37. The average Bonchev–Trinajstić information content (AvgIpc) is 2.41. The van der Waals surface area contributed by atoms with Crippen LogP contribution in [0.2, 0.25) is 0 Å². The molecular formula is C17H28N2O. The Kier molecular flexibility index (Phi) is 4.92. The Morgan fingerprint density at radius 1 is 1.15 bits per heavy atom. The van der Waals surface area contributed by atoms with E-state index in [2.05, 4.69) is 30.9 Å². The number of nitrogen functional groups attached to an aromatic ring is 1. The zero-order valence-electron chi connectivity index (χ0n) is 13.2. The largest absolute Gasteiger partial charge is 0.489 e. The second-order valence-corrected chi connectivity index (χ2v) is 6.37. The average molecular weight is 276 g/mol. The van der Waals surface area contributed by atoms with E-state index >= 15 is 0 Å². The predicted octanol–water partition coefficient (Wildman–Crippen LogP) is 3.64. The molecule has 0 amide bonds. The van der Waals surface area contributed by atoms with E-state index in [0.717, 1.165) is 11.4 Å². The standard InChI is InChI=1S/C17H28N2O/c1-12(2)19-9-7-14(8-10-19)15-5-6-16(18)17(11-15)20-13(3)4/h5-6,11-14H,7-10,18H2,1-4H3. The van der Waals surface area contributed by atoms with E-state index in [-0.39, 0.29) is 6.10 Å². The van der Waals surface area contributed by atoms with Gasteiger partial charge in [-0.15, -0.1) is 0 Å². The van der Waals surface area contributed by atoms with Crippen molar-refractivity contribution in [1.82, 2.24) is 4.90 Å². The lowest BCUT2D eigenvalue weighted by Gasteiger charge is -2.35. The maximum Gasteiger partial charge on any atom is 0.142 e. The number of ether oxygens (including phenoxy) is 1. The Labute approximate surface area is 123 Å². The van der Waals surface area contributed by atoms with Crippen LogP contribution in [0, 0.1) is 0 Å². The third-order valence-electron chi connectivity index (χ3n) is 4.13. The third kappa shape index (κ3) is 3.66. The summed E-state index contributed by atoms with van der Waals surface area (Å²) >= 11 is 0. The van der Waals surface area contributed by atoms with Crippen LogP contribution < -0.4 is 10.5 Å². The van der Waals surface area contributed by atoms with Crippen LogP contribution >= 0.6 is 0 Å². The molecule has 0 spiro atoms. The first-order valence-electron chi connectivity index (χ1n) is 7.77. The van der Waals surface area contributed by atoms with Crippen molar-refractivity contribution in [3.8, 4) is 5.75 Å². The summed E-state index contributed by atoms with van der Waals surface area (Å²) in [5.41, 5.74) is 8.11. The summed E-state index contributed by atoms with van der Waals surface area (Å²) in [7, 11) is 0. The number of hydrogen-bond acceptors (Lipinski definition) is 3. The van der Waals surface area contributed by atoms with Crippen molar-refractivity contribution < 1.29 is 4.74 Å². The van der Waals surface area contributed by atoms with Crippen molar-refractivity contribution >= 4 is 5.69 Å². The van der Waals surface area contributed by atoms with Crippen molar-refractivity contribution in [1.29, 1.82) is 0 Å². The van der Waals surface area contributed by atoms with Gasteiger partial charge in [-0.3, -0.25) is 0 Å². The third-order valence-corrected chi connectivity index (χ3v) is 4.13. The highest BCUT2D eigenvalue weighted by molar-refractivity contribution is 5.54. The van der Waals surface area contributed by atoms with Crippen LogP contribution in [0.3, 0.4) is 0 Å². The fraction of sp³-hybridized carbons (Fsp3) is 0.647. The molecule has 1 fully saturated rings. The Morgan fingerprint density at radius 3 is 2.35 bits per heavy atom. The molecule has 1 aromatic rings. The molecule has 0 bridgehead atoms. The fourth-order valence-electron chi connectivity index (χ4n) is 2.91. The van der Waals surface area contributed by atoms with Crippen molar-refractivity contribution in [2.24, 2.45) is 0 Å². The lowest BCUT2D eigenvalue weighted by molar-refractivity contribution is 0.171. The highest BCUT2D eigenvalue weighted by Crippen LogP contribution is 2.33. The van der Waals surface area contributed by atoms with E-state index in [1.54, 1.807) is 0 Å². The van der Waals surface area contributed by atoms with Crippen LogP contribution in [0.4, 0.5) is 5.69 Å². The van der Waals surface area contributed by atoms with E-state index < -0.39 is 0 Å². The number of anilines is 1. The molecule has 20 heavy (non-hydrogen) atoms. The smallest absolute Gasteiger partial charge is 0.142 e. The normalized spacial score (nSPS) is 17.9. The van der Waals surface area contributed by atoms with E-state index in [0.29, 0.717) is 12.0 Å². The molecule has 0 aromatic heterocycles. The Morgan fingerprint density at radius 2 is 1.80 bits per heavy atom. The Balaban J connectivity index is 2.06. The lowest BCUT2D eigenvalue weighted by atomic mass is 9.88. The van der Waals surface area contributed by atoms with Gasteiger partial charge in [0.2, 0.25) is 0 Å². The maximum atomic E-state index is 6.00. The summed E-state index contributed by atoms with van der Waals surface area (Å²) in [6, 6.07) is 6.95. The van der Waals surface area contributed by atoms with E-state index in [9.17, 15) is 0 Å². The van der Waals surface area contributed by atoms with E-state index in [1.165, 1.54) is 31.5 Å². The molecular weight excluding hydrogens is 248 g/mol. The van der Waals surface area contributed by atoms with Crippen LogP contribution in [-0.4, -0.2) is 30.1 Å². The van der Waals surface area contributed by atoms with Gasteiger partial charge in [0.1, 0.15) is 5.75 Å². The minimum absolute atomic E-state index is 0.162. The van der Waals surface area contributed by atoms with Gasteiger partial charge < -0.3 is 15.4 Å². The molecule has 0 saturated carbocycles. The van der Waals surface area contributed by atoms with E-state index in [4.69, 9.17) is 10.5 Å². The molecule has 0 unspecified atom stereocenters. The van der Waals surface area contributed by atoms with Gasteiger partial charge in [-0.25, -0.2) is 0 Å². The topological polar surface area (TPSA) is 38.5 Å². The predicted molar refractivity (Wildman–Crippen MR) is 85.3 cm³/mol. The first-order chi connectivity index (χ1) is 9.47. The fourth-order valence-corrected chi connectivity index (χ4v) is 2.91. The van der Waals surface area contributed by atoms with Gasteiger partial charge in [-0.05, 0) is 77.2 Å². The molecule has 2 rings (SSSR count).